The van der Waals surface area contributed by atoms with Gasteiger partial charge >= 0.3 is 0 Å². The molecule has 2 fully saturated rings. The number of hydrogen-bond donors (Lipinski definition) is 2. The van der Waals surface area contributed by atoms with Gasteiger partial charge in [0.15, 0.2) is 5.58 Å². The van der Waals surface area contributed by atoms with Crippen LogP contribution in [0.3, 0.4) is 0 Å². The first kappa shape index (κ1) is 27.0. The molecule has 2 N–H and O–H groups in total. The lowest BCUT2D eigenvalue weighted by atomic mass is 9.84. The van der Waals surface area contributed by atoms with E-state index in [1.165, 1.54) is 23.4 Å². The van der Waals surface area contributed by atoms with Gasteiger partial charge in [-0.05, 0) is 43.9 Å². The van der Waals surface area contributed by atoms with E-state index in [4.69, 9.17) is 20.8 Å². The minimum Gasteiger partial charge on any atom is -0.447 e. The van der Waals surface area contributed by atoms with Gasteiger partial charge in [-0.2, -0.15) is 0 Å². The number of fused-ring (bicyclic) bond motifs is 1. The van der Waals surface area contributed by atoms with E-state index >= 15 is 0 Å². The SMILES string of the molecule is CN(C)C(=O)c1cnc2c(NC(=O)C3CCC(N4CCOCC4)CC3)c(C(=O)Nc3ccc(Cl)cn3)oc2c1. The molecule has 1 aliphatic heterocycles. The molecule has 0 aromatic carbocycles. The summed E-state index contributed by atoms with van der Waals surface area (Å²) in [7, 11) is 3.26. The molecule has 1 saturated carbocycles. The second-order valence-electron chi connectivity index (χ2n) is 10.0. The quantitative estimate of drug-likeness (QED) is 0.472. The molecule has 1 aliphatic carbocycles. The first-order valence-corrected chi connectivity index (χ1v) is 13.4. The molecule has 5 rings (SSSR count). The van der Waals surface area contributed by atoms with E-state index in [9.17, 15) is 14.4 Å². The Balaban J connectivity index is 1.38. The Morgan fingerprint density at radius 1 is 1.03 bits per heavy atom. The number of pyridine rings is 2. The Morgan fingerprint density at radius 3 is 2.44 bits per heavy atom. The van der Waals surface area contributed by atoms with Crippen LogP contribution in [0.15, 0.2) is 35.0 Å². The standard InChI is InChI=1S/C27H31ClN6O5/c1-33(2)27(37)17-13-20-22(30-14-17)23(24(39-20)26(36)31-21-8-5-18(28)15-29-21)32-25(35)16-3-6-19(7-4-16)34-9-11-38-12-10-34/h5,8,13-16,19H,3-4,6-7,9-12H2,1-2H3,(H,32,35)(H,29,31,36). The molecule has 4 heterocycles. The van der Waals surface area contributed by atoms with Gasteiger partial charge < -0.3 is 24.7 Å². The number of morpholine rings is 1. The molecule has 0 bridgehead atoms. The maximum absolute atomic E-state index is 13.4. The van der Waals surface area contributed by atoms with Crippen molar-refractivity contribution in [1.82, 2.24) is 19.8 Å². The summed E-state index contributed by atoms with van der Waals surface area (Å²) < 4.78 is 11.3. The predicted molar refractivity (Wildman–Crippen MR) is 146 cm³/mol. The molecule has 3 aromatic heterocycles. The second-order valence-corrected chi connectivity index (χ2v) is 10.5. The van der Waals surface area contributed by atoms with Gasteiger partial charge in [0.1, 0.15) is 17.0 Å². The molecule has 11 nitrogen and oxygen atoms in total. The van der Waals surface area contributed by atoms with Crippen molar-refractivity contribution in [3.05, 3.63) is 46.9 Å². The number of ether oxygens (including phenoxy) is 1. The number of halogens is 1. The van der Waals surface area contributed by atoms with Crippen LogP contribution in [0.1, 0.15) is 46.6 Å². The summed E-state index contributed by atoms with van der Waals surface area (Å²) in [6.45, 7) is 3.35. The number of hydrogen-bond acceptors (Lipinski definition) is 8. The summed E-state index contributed by atoms with van der Waals surface area (Å²) in [5.74, 6) is -1.13. The number of aromatic nitrogens is 2. The van der Waals surface area contributed by atoms with Crippen molar-refractivity contribution in [3.8, 4) is 0 Å². The predicted octanol–water partition coefficient (Wildman–Crippen LogP) is 3.66. The van der Waals surface area contributed by atoms with E-state index in [1.807, 2.05) is 0 Å². The normalized spacial score (nSPS) is 20.0. The average molecular weight is 555 g/mol. The van der Waals surface area contributed by atoms with E-state index < -0.39 is 5.91 Å². The summed E-state index contributed by atoms with van der Waals surface area (Å²) in [4.78, 5) is 51.5. The van der Waals surface area contributed by atoms with Crippen molar-refractivity contribution in [2.75, 3.05) is 51.0 Å². The number of nitrogens with zero attached hydrogens (tertiary/aromatic N) is 4. The zero-order valence-corrected chi connectivity index (χ0v) is 22.7. The number of amides is 3. The van der Waals surface area contributed by atoms with Gasteiger partial charge in [-0.25, -0.2) is 9.97 Å². The fourth-order valence-corrected chi connectivity index (χ4v) is 5.24. The first-order valence-electron chi connectivity index (χ1n) is 13.0. The number of anilines is 2. The Hall–Kier alpha value is -3.54. The minimum absolute atomic E-state index is 0.126. The summed E-state index contributed by atoms with van der Waals surface area (Å²) in [5.41, 5.74) is 0.964. The number of furan rings is 1. The molecule has 0 radical (unpaired) electrons. The number of rotatable bonds is 6. The third-order valence-electron chi connectivity index (χ3n) is 7.23. The van der Waals surface area contributed by atoms with Crippen LogP contribution in [0.2, 0.25) is 5.02 Å². The summed E-state index contributed by atoms with van der Waals surface area (Å²) in [5, 5.41) is 6.01. The highest BCUT2D eigenvalue weighted by Crippen LogP contribution is 2.34. The van der Waals surface area contributed by atoms with Crippen LogP contribution in [0.5, 0.6) is 0 Å². The van der Waals surface area contributed by atoms with Gasteiger partial charge in [0.05, 0.1) is 23.8 Å². The molecule has 0 unspecified atom stereocenters. The van der Waals surface area contributed by atoms with Crippen LogP contribution in [-0.4, -0.2) is 83.9 Å². The van der Waals surface area contributed by atoms with Crippen molar-refractivity contribution in [2.45, 2.75) is 31.7 Å². The van der Waals surface area contributed by atoms with Crippen LogP contribution in [-0.2, 0) is 9.53 Å². The van der Waals surface area contributed by atoms with E-state index in [0.717, 1.165) is 52.0 Å². The van der Waals surface area contributed by atoms with Gasteiger partial charge in [-0.1, -0.05) is 11.6 Å². The maximum Gasteiger partial charge on any atom is 0.294 e. The fraction of sp³-hybridized carbons (Fsp3) is 0.444. The van der Waals surface area contributed by atoms with Gasteiger partial charge in [-0.15, -0.1) is 0 Å². The Morgan fingerprint density at radius 2 is 1.77 bits per heavy atom. The Bertz CT molecular complexity index is 1360. The highest BCUT2D eigenvalue weighted by Gasteiger charge is 2.32. The van der Waals surface area contributed by atoms with Crippen LogP contribution in [0.4, 0.5) is 11.5 Å². The van der Waals surface area contributed by atoms with Crippen molar-refractivity contribution < 1.29 is 23.5 Å². The Kier molecular flexibility index (Phi) is 8.10. The topological polar surface area (TPSA) is 130 Å². The van der Waals surface area contributed by atoms with Gasteiger partial charge in [0.25, 0.3) is 11.8 Å². The zero-order valence-electron chi connectivity index (χ0n) is 21.9. The van der Waals surface area contributed by atoms with E-state index in [1.54, 1.807) is 26.2 Å². The molecule has 1 saturated heterocycles. The van der Waals surface area contributed by atoms with Gasteiger partial charge in [0.2, 0.25) is 11.7 Å². The lowest BCUT2D eigenvalue weighted by molar-refractivity contribution is -0.121. The molecule has 0 atom stereocenters. The number of carbonyl (C=O) groups excluding carboxylic acids is 3. The monoisotopic (exact) mass is 554 g/mol. The van der Waals surface area contributed by atoms with E-state index in [-0.39, 0.29) is 46.1 Å². The summed E-state index contributed by atoms with van der Waals surface area (Å²) in [6.07, 6.45) is 6.16. The van der Waals surface area contributed by atoms with Crippen molar-refractivity contribution in [2.24, 2.45) is 5.92 Å². The van der Waals surface area contributed by atoms with Crippen LogP contribution >= 0.6 is 11.6 Å². The molecule has 3 aromatic rings. The van der Waals surface area contributed by atoms with Crippen LogP contribution in [0, 0.1) is 5.92 Å². The molecule has 2 aliphatic rings. The van der Waals surface area contributed by atoms with E-state index in [0.29, 0.717) is 16.6 Å². The van der Waals surface area contributed by atoms with Crippen molar-refractivity contribution >= 4 is 51.9 Å². The first-order chi connectivity index (χ1) is 18.8. The number of carbonyl (C=O) groups is 3. The smallest absolute Gasteiger partial charge is 0.294 e. The van der Waals surface area contributed by atoms with Crippen LogP contribution in [0.25, 0.3) is 11.1 Å². The Labute approximate surface area is 230 Å². The second kappa shape index (κ2) is 11.7. The molecular weight excluding hydrogens is 524 g/mol. The highest BCUT2D eigenvalue weighted by molar-refractivity contribution is 6.30. The molecule has 206 valence electrons. The molecular formula is C27H31ClN6O5. The van der Waals surface area contributed by atoms with Crippen molar-refractivity contribution in [1.29, 1.82) is 0 Å². The van der Waals surface area contributed by atoms with E-state index in [2.05, 4.69) is 25.5 Å². The van der Waals surface area contributed by atoms with Crippen molar-refractivity contribution in [3.63, 3.8) is 0 Å². The molecule has 12 heteroatoms. The number of nitrogens with one attached hydrogen (secondary N) is 2. The lowest BCUT2D eigenvalue weighted by Gasteiger charge is -2.38. The van der Waals surface area contributed by atoms with Crippen LogP contribution < -0.4 is 10.6 Å². The highest BCUT2D eigenvalue weighted by atomic mass is 35.5. The van der Waals surface area contributed by atoms with Gasteiger partial charge in [0, 0.05) is 51.5 Å². The third-order valence-corrected chi connectivity index (χ3v) is 7.46. The minimum atomic E-state index is -0.616. The molecule has 39 heavy (non-hydrogen) atoms. The largest absolute Gasteiger partial charge is 0.447 e. The summed E-state index contributed by atoms with van der Waals surface area (Å²) >= 11 is 5.90. The maximum atomic E-state index is 13.4. The van der Waals surface area contributed by atoms with Gasteiger partial charge in [-0.3, -0.25) is 19.3 Å². The average Bonchev–Trinajstić information content (AvgIpc) is 3.32. The zero-order chi connectivity index (χ0) is 27.5. The third kappa shape index (κ3) is 6.05. The molecule has 3 amide bonds. The molecule has 0 spiro atoms. The lowest BCUT2D eigenvalue weighted by Crippen LogP contribution is -2.45. The summed E-state index contributed by atoms with van der Waals surface area (Å²) in [6, 6.07) is 5.13. The fourth-order valence-electron chi connectivity index (χ4n) is 5.12.